The number of hydrogen-bond donors (Lipinski definition) is 0. The number of hydrogen-bond acceptors (Lipinski definition) is 3. The van der Waals surface area contributed by atoms with Crippen LogP contribution >= 0.6 is 0 Å². The molecular formula is C13H16O3. The number of carbonyl (C=O) groups is 1. The highest BCUT2D eigenvalue weighted by atomic mass is 16.5. The molecule has 0 saturated heterocycles. The van der Waals surface area contributed by atoms with E-state index in [2.05, 4.69) is 0 Å². The first-order chi connectivity index (χ1) is 7.67. The van der Waals surface area contributed by atoms with E-state index in [0.29, 0.717) is 6.61 Å². The van der Waals surface area contributed by atoms with Crippen molar-refractivity contribution in [3.8, 4) is 5.75 Å². The zero-order valence-corrected chi connectivity index (χ0v) is 9.82. The van der Waals surface area contributed by atoms with E-state index in [4.69, 9.17) is 9.47 Å². The van der Waals surface area contributed by atoms with Gasteiger partial charge in [-0.15, -0.1) is 0 Å². The minimum absolute atomic E-state index is 0.322. The molecule has 0 aromatic heterocycles. The van der Waals surface area contributed by atoms with Gasteiger partial charge in [0.1, 0.15) is 5.75 Å². The van der Waals surface area contributed by atoms with E-state index in [9.17, 15) is 4.79 Å². The number of benzene rings is 1. The average Bonchev–Trinajstić information content (AvgIpc) is 2.27. The molecule has 0 bridgehead atoms. The molecule has 1 aromatic carbocycles. The summed E-state index contributed by atoms with van der Waals surface area (Å²) >= 11 is 0. The number of rotatable bonds is 4. The van der Waals surface area contributed by atoms with Crippen LogP contribution in [0.15, 0.2) is 24.3 Å². The molecule has 0 amide bonds. The van der Waals surface area contributed by atoms with Gasteiger partial charge in [0.05, 0.1) is 13.7 Å². The molecule has 1 rings (SSSR count). The summed E-state index contributed by atoms with van der Waals surface area (Å²) in [4.78, 5) is 11.1. The van der Waals surface area contributed by atoms with Gasteiger partial charge in [0.15, 0.2) is 0 Å². The lowest BCUT2D eigenvalue weighted by Gasteiger charge is -2.04. The molecule has 0 heterocycles. The van der Waals surface area contributed by atoms with Crippen molar-refractivity contribution < 1.29 is 14.3 Å². The van der Waals surface area contributed by atoms with Gasteiger partial charge in [0.2, 0.25) is 0 Å². The first kappa shape index (κ1) is 12.3. The van der Waals surface area contributed by atoms with E-state index < -0.39 is 0 Å². The van der Waals surface area contributed by atoms with Crippen molar-refractivity contribution in [3.05, 3.63) is 35.4 Å². The lowest BCUT2D eigenvalue weighted by molar-refractivity contribution is -0.137. The smallest absolute Gasteiger partial charge is 0.330 e. The molecule has 16 heavy (non-hydrogen) atoms. The second-order valence-corrected chi connectivity index (χ2v) is 3.31. The topological polar surface area (TPSA) is 35.5 Å². The minimum atomic E-state index is -0.322. The Labute approximate surface area is 95.7 Å². The van der Waals surface area contributed by atoms with Crippen molar-refractivity contribution >= 4 is 12.0 Å². The maximum absolute atomic E-state index is 11.1. The van der Waals surface area contributed by atoms with Crippen LogP contribution in [0.3, 0.4) is 0 Å². The molecule has 0 fully saturated rings. The molecule has 0 saturated carbocycles. The lowest BCUT2D eigenvalue weighted by atomic mass is 10.1. The van der Waals surface area contributed by atoms with E-state index in [1.807, 2.05) is 25.1 Å². The molecule has 0 atom stereocenters. The highest BCUT2D eigenvalue weighted by Gasteiger charge is 1.98. The molecule has 0 aliphatic heterocycles. The monoisotopic (exact) mass is 220 g/mol. The fourth-order valence-electron chi connectivity index (χ4n) is 1.31. The third-order valence-corrected chi connectivity index (χ3v) is 2.16. The molecule has 3 heteroatoms. The van der Waals surface area contributed by atoms with Crippen LogP contribution in [0.1, 0.15) is 18.1 Å². The molecule has 0 radical (unpaired) electrons. The maximum Gasteiger partial charge on any atom is 0.330 e. The average molecular weight is 220 g/mol. The summed E-state index contributed by atoms with van der Waals surface area (Å²) in [6.45, 7) is 4.14. The van der Waals surface area contributed by atoms with E-state index in [0.717, 1.165) is 16.9 Å². The van der Waals surface area contributed by atoms with Gasteiger partial charge in [-0.3, -0.25) is 0 Å². The predicted molar refractivity (Wildman–Crippen MR) is 63.4 cm³/mol. The van der Waals surface area contributed by atoms with E-state index in [1.165, 1.54) is 6.08 Å². The standard InChI is InChI=1S/C13H16O3/c1-4-16-13(14)8-6-11-5-7-12(15-3)9-10(11)2/h5-9H,4H2,1-3H3. The summed E-state index contributed by atoms with van der Waals surface area (Å²) < 4.78 is 9.90. The molecular weight excluding hydrogens is 204 g/mol. The number of carbonyl (C=O) groups excluding carboxylic acids is 1. The number of esters is 1. The molecule has 0 N–H and O–H groups in total. The van der Waals surface area contributed by atoms with Crippen molar-refractivity contribution in [2.75, 3.05) is 13.7 Å². The lowest BCUT2D eigenvalue weighted by Crippen LogP contribution is -1.98. The largest absolute Gasteiger partial charge is 0.497 e. The van der Waals surface area contributed by atoms with Crippen molar-refractivity contribution in [1.29, 1.82) is 0 Å². The van der Waals surface area contributed by atoms with Gasteiger partial charge < -0.3 is 9.47 Å². The summed E-state index contributed by atoms with van der Waals surface area (Å²) in [5, 5.41) is 0. The fourth-order valence-corrected chi connectivity index (χ4v) is 1.31. The summed E-state index contributed by atoms with van der Waals surface area (Å²) in [6.07, 6.45) is 3.17. The normalized spacial score (nSPS) is 10.4. The first-order valence-electron chi connectivity index (χ1n) is 5.17. The Morgan fingerprint density at radius 1 is 1.44 bits per heavy atom. The Balaban J connectivity index is 2.78. The van der Waals surface area contributed by atoms with Crippen LogP contribution in [0.5, 0.6) is 5.75 Å². The maximum atomic E-state index is 11.1. The van der Waals surface area contributed by atoms with Crippen LogP contribution in [-0.2, 0) is 9.53 Å². The summed E-state index contributed by atoms with van der Waals surface area (Å²) in [7, 11) is 1.63. The van der Waals surface area contributed by atoms with Gasteiger partial charge in [-0.2, -0.15) is 0 Å². The van der Waals surface area contributed by atoms with E-state index in [1.54, 1.807) is 20.1 Å². The molecule has 0 unspecified atom stereocenters. The van der Waals surface area contributed by atoms with Gasteiger partial charge in [0, 0.05) is 6.08 Å². The molecule has 1 aromatic rings. The second-order valence-electron chi connectivity index (χ2n) is 3.31. The Bertz CT molecular complexity index is 394. The van der Waals surface area contributed by atoms with Crippen LogP contribution in [0.25, 0.3) is 6.08 Å². The van der Waals surface area contributed by atoms with Gasteiger partial charge in [0.25, 0.3) is 0 Å². The van der Waals surface area contributed by atoms with Crippen molar-refractivity contribution in [3.63, 3.8) is 0 Å². The second kappa shape index (κ2) is 5.95. The van der Waals surface area contributed by atoms with Crippen molar-refractivity contribution in [2.45, 2.75) is 13.8 Å². The highest BCUT2D eigenvalue weighted by Crippen LogP contribution is 2.17. The van der Waals surface area contributed by atoms with Gasteiger partial charge in [-0.25, -0.2) is 4.79 Å². The SMILES string of the molecule is CCOC(=O)C=Cc1ccc(OC)cc1C. The van der Waals surface area contributed by atoms with Gasteiger partial charge in [-0.1, -0.05) is 6.07 Å². The number of methoxy groups -OCH3 is 1. The Hall–Kier alpha value is -1.77. The highest BCUT2D eigenvalue weighted by molar-refractivity contribution is 5.87. The quantitative estimate of drug-likeness (QED) is 0.578. The van der Waals surface area contributed by atoms with Crippen molar-refractivity contribution in [1.82, 2.24) is 0 Å². The van der Waals surface area contributed by atoms with Crippen LogP contribution in [0.2, 0.25) is 0 Å². The molecule has 86 valence electrons. The van der Waals surface area contributed by atoms with Crippen LogP contribution in [0.4, 0.5) is 0 Å². The van der Waals surface area contributed by atoms with E-state index >= 15 is 0 Å². The summed E-state index contributed by atoms with van der Waals surface area (Å²) in [5.41, 5.74) is 2.04. The van der Waals surface area contributed by atoms with E-state index in [-0.39, 0.29) is 5.97 Å². The van der Waals surface area contributed by atoms with Gasteiger partial charge in [-0.05, 0) is 43.2 Å². The molecule has 0 aliphatic carbocycles. The van der Waals surface area contributed by atoms with Crippen LogP contribution in [-0.4, -0.2) is 19.7 Å². The van der Waals surface area contributed by atoms with Crippen LogP contribution in [0, 0.1) is 6.92 Å². The Morgan fingerprint density at radius 2 is 2.19 bits per heavy atom. The first-order valence-corrected chi connectivity index (χ1v) is 5.17. The molecule has 0 aliphatic rings. The Morgan fingerprint density at radius 3 is 2.75 bits per heavy atom. The third kappa shape index (κ3) is 3.42. The van der Waals surface area contributed by atoms with Crippen LogP contribution < -0.4 is 4.74 Å². The number of aryl methyl sites for hydroxylation is 1. The minimum Gasteiger partial charge on any atom is -0.497 e. The molecule has 0 spiro atoms. The summed E-state index contributed by atoms with van der Waals surface area (Å²) in [5.74, 6) is 0.489. The Kier molecular flexibility index (Phi) is 4.58. The van der Waals surface area contributed by atoms with Crippen molar-refractivity contribution in [2.24, 2.45) is 0 Å². The third-order valence-electron chi connectivity index (χ3n) is 2.16. The molecule has 3 nitrogen and oxygen atoms in total. The summed E-state index contributed by atoms with van der Waals surface area (Å²) in [6, 6.07) is 5.69. The zero-order chi connectivity index (χ0) is 12.0. The number of ether oxygens (including phenoxy) is 2. The zero-order valence-electron chi connectivity index (χ0n) is 9.82. The van der Waals surface area contributed by atoms with Gasteiger partial charge >= 0.3 is 5.97 Å². The fraction of sp³-hybridized carbons (Fsp3) is 0.308. The predicted octanol–water partition coefficient (Wildman–Crippen LogP) is 2.58.